The summed E-state index contributed by atoms with van der Waals surface area (Å²) >= 11 is 1.39. The van der Waals surface area contributed by atoms with Crippen LogP contribution in [0.25, 0.3) is 6.08 Å². The summed E-state index contributed by atoms with van der Waals surface area (Å²) in [6, 6.07) is 0. The van der Waals surface area contributed by atoms with Gasteiger partial charge in [0.05, 0.1) is 7.11 Å². The molecule has 0 unspecified atom stereocenters. The van der Waals surface area contributed by atoms with Crippen molar-refractivity contribution in [3.05, 3.63) is 22.7 Å². The summed E-state index contributed by atoms with van der Waals surface area (Å²) in [7, 11) is 1.46. The van der Waals surface area contributed by atoms with Crippen molar-refractivity contribution in [3.63, 3.8) is 0 Å². The van der Waals surface area contributed by atoms with Gasteiger partial charge in [-0.1, -0.05) is 12.7 Å². The van der Waals surface area contributed by atoms with E-state index in [0.29, 0.717) is 5.01 Å². The van der Waals surface area contributed by atoms with E-state index in [9.17, 15) is 0 Å². The number of hydrogen-bond donors (Lipinski definition) is 1. The molecule has 0 fully saturated rings. The van der Waals surface area contributed by atoms with E-state index >= 15 is 0 Å². The van der Waals surface area contributed by atoms with E-state index in [0.717, 1.165) is 4.88 Å². The third kappa shape index (κ3) is 1.65. The molecule has 0 aromatic carbocycles. The van der Waals surface area contributed by atoms with Gasteiger partial charge in [0.1, 0.15) is 0 Å². The third-order valence-corrected chi connectivity index (χ3v) is 2.12. The minimum atomic E-state index is 0.100. The highest BCUT2D eigenvalue weighted by molar-refractivity contribution is 7.14. The van der Waals surface area contributed by atoms with Gasteiger partial charge in [0.25, 0.3) is 0 Å². The third-order valence-electron chi connectivity index (χ3n) is 1.12. The van der Waals surface area contributed by atoms with Crippen LogP contribution in [0, 0.1) is 5.41 Å². The topological polar surface area (TPSA) is 46.0 Å². The number of methoxy groups -OCH3 is 1. The average molecular weight is 168 g/mol. The molecule has 58 valence electrons. The number of thiazole rings is 1. The number of ether oxygens (including phenoxy) is 1. The first-order valence-corrected chi connectivity index (χ1v) is 3.80. The first-order valence-electron chi connectivity index (χ1n) is 2.99. The van der Waals surface area contributed by atoms with Gasteiger partial charge in [-0.2, -0.15) is 0 Å². The summed E-state index contributed by atoms with van der Waals surface area (Å²) in [6.45, 7) is 3.59. The molecule has 0 amide bonds. The van der Waals surface area contributed by atoms with E-state index in [2.05, 4.69) is 11.6 Å². The van der Waals surface area contributed by atoms with Crippen molar-refractivity contribution in [1.82, 2.24) is 4.98 Å². The molecule has 0 spiro atoms. The van der Waals surface area contributed by atoms with Gasteiger partial charge in [-0.25, -0.2) is 4.98 Å². The normalized spacial score (nSPS) is 9.18. The molecule has 1 rings (SSSR count). The van der Waals surface area contributed by atoms with Gasteiger partial charge in [0.2, 0.25) is 5.90 Å². The second-order valence-corrected chi connectivity index (χ2v) is 2.87. The van der Waals surface area contributed by atoms with E-state index in [4.69, 9.17) is 10.1 Å². The lowest BCUT2D eigenvalue weighted by Gasteiger charge is -1.93. The molecule has 0 atom stereocenters. The van der Waals surface area contributed by atoms with Crippen molar-refractivity contribution in [3.8, 4) is 0 Å². The molecule has 1 aromatic rings. The van der Waals surface area contributed by atoms with Crippen LogP contribution in [-0.2, 0) is 4.74 Å². The maximum absolute atomic E-state index is 7.26. The van der Waals surface area contributed by atoms with Gasteiger partial charge in [0, 0.05) is 11.1 Å². The van der Waals surface area contributed by atoms with Crippen LogP contribution in [0.5, 0.6) is 0 Å². The summed E-state index contributed by atoms with van der Waals surface area (Å²) in [5.41, 5.74) is 0. The highest BCUT2D eigenvalue weighted by atomic mass is 32.1. The molecule has 0 bridgehead atoms. The minimum Gasteiger partial charge on any atom is -0.479 e. The number of hydrogen-bond acceptors (Lipinski definition) is 4. The Morgan fingerprint density at radius 1 is 1.91 bits per heavy atom. The molecule has 1 N–H and O–H groups in total. The Hall–Kier alpha value is -1.16. The molecule has 1 heterocycles. The predicted molar refractivity (Wildman–Crippen MR) is 46.0 cm³/mol. The van der Waals surface area contributed by atoms with Crippen LogP contribution < -0.4 is 0 Å². The minimum absolute atomic E-state index is 0.100. The fourth-order valence-electron chi connectivity index (χ4n) is 0.573. The van der Waals surface area contributed by atoms with Gasteiger partial charge >= 0.3 is 0 Å². The van der Waals surface area contributed by atoms with Crippen LogP contribution in [0.15, 0.2) is 12.8 Å². The van der Waals surface area contributed by atoms with Gasteiger partial charge in [0.15, 0.2) is 5.01 Å². The maximum atomic E-state index is 7.26. The Morgan fingerprint density at radius 3 is 3.09 bits per heavy atom. The Kier molecular flexibility index (Phi) is 2.38. The van der Waals surface area contributed by atoms with E-state index in [-0.39, 0.29) is 5.90 Å². The first-order chi connectivity index (χ1) is 5.27. The van der Waals surface area contributed by atoms with Crippen molar-refractivity contribution < 1.29 is 4.74 Å². The van der Waals surface area contributed by atoms with E-state index in [1.54, 1.807) is 12.3 Å². The fraction of sp³-hybridized carbons (Fsp3) is 0.143. The average Bonchev–Trinajstić information content (AvgIpc) is 2.50. The van der Waals surface area contributed by atoms with Crippen molar-refractivity contribution in [2.45, 2.75) is 0 Å². The molecule has 0 aliphatic heterocycles. The molecule has 0 aliphatic carbocycles. The van der Waals surface area contributed by atoms with Gasteiger partial charge < -0.3 is 4.74 Å². The number of nitrogens with one attached hydrogen (secondary N) is 1. The zero-order valence-corrected chi connectivity index (χ0v) is 6.94. The van der Waals surface area contributed by atoms with Gasteiger partial charge in [-0.15, -0.1) is 11.3 Å². The first kappa shape index (κ1) is 7.94. The second-order valence-electron chi connectivity index (χ2n) is 1.81. The smallest absolute Gasteiger partial charge is 0.242 e. The number of nitrogens with zero attached hydrogens (tertiary/aromatic N) is 1. The standard InChI is InChI=1S/C7H8N2OS/c1-3-5-4-9-7(11-5)6(8)10-2/h3-4,8H,1H2,2H3. The zero-order chi connectivity index (χ0) is 8.27. The largest absolute Gasteiger partial charge is 0.479 e. The summed E-state index contributed by atoms with van der Waals surface area (Å²) in [6.07, 6.45) is 3.37. The summed E-state index contributed by atoms with van der Waals surface area (Å²) in [5, 5.41) is 7.84. The molecular formula is C7H8N2OS. The molecule has 0 saturated carbocycles. The molecule has 11 heavy (non-hydrogen) atoms. The van der Waals surface area contributed by atoms with E-state index < -0.39 is 0 Å². The predicted octanol–water partition coefficient (Wildman–Crippen LogP) is 1.76. The van der Waals surface area contributed by atoms with E-state index in [1.807, 2.05) is 0 Å². The van der Waals surface area contributed by atoms with Crippen molar-refractivity contribution in [1.29, 1.82) is 5.41 Å². The Balaban J connectivity index is 2.88. The van der Waals surface area contributed by atoms with Crippen LogP contribution in [0.1, 0.15) is 9.88 Å². The Bertz CT molecular complexity index is 280. The Morgan fingerprint density at radius 2 is 2.64 bits per heavy atom. The lowest BCUT2D eigenvalue weighted by Crippen LogP contribution is -1.99. The highest BCUT2D eigenvalue weighted by Gasteiger charge is 2.04. The molecular weight excluding hydrogens is 160 g/mol. The van der Waals surface area contributed by atoms with Crippen LogP contribution in [0.2, 0.25) is 0 Å². The molecule has 0 saturated heterocycles. The van der Waals surface area contributed by atoms with Crippen LogP contribution in [0.4, 0.5) is 0 Å². The number of rotatable bonds is 2. The van der Waals surface area contributed by atoms with Crippen LogP contribution in [-0.4, -0.2) is 18.0 Å². The van der Waals surface area contributed by atoms with Crippen LogP contribution >= 0.6 is 11.3 Å². The van der Waals surface area contributed by atoms with Crippen molar-refractivity contribution in [2.75, 3.05) is 7.11 Å². The quantitative estimate of drug-likeness (QED) is 0.540. The summed E-state index contributed by atoms with van der Waals surface area (Å²) < 4.78 is 4.69. The second kappa shape index (κ2) is 3.30. The maximum Gasteiger partial charge on any atom is 0.242 e. The molecule has 3 nitrogen and oxygen atoms in total. The Labute approximate surface area is 68.9 Å². The van der Waals surface area contributed by atoms with Gasteiger partial charge in [-0.3, -0.25) is 5.41 Å². The van der Waals surface area contributed by atoms with Crippen molar-refractivity contribution in [2.24, 2.45) is 0 Å². The molecule has 1 aromatic heterocycles. The lowest BCUT2D eigenvalue weighted by molar-refractivity contribution is 0.401. The van der Waals surface area contributed by atoms with Gasteiger partial charge in [-0.05, 0) is 0 Å². The molecule has 0 radical (unpaired) electrons. The summed E-state index contributed by atoms with van der Waals surface area (Å²) in [5.74, 6) is 0.100. The highest BCUT2D eigenvalue weighted by Crippen LogP contribution is 2.13. The molecule has 0 aliphatic rings. The van der Waals surface area contributed by atoms with Crippen molar-refractivity contribution >= 4 is 23.3 Å². The molecule has 4 heteroatoms. The fourth-order valence-corrected chi connectivity index (χ4v) is 1.27. The SMILES string of the molecule is C=Cc1cnc(C(=N)OC)s1. The lowest BCUT2D eigenvalue weighted by atomic mass is 10.5. The summed E-state index contributed by atoms with van der Waals surface area (Å²) in [4.78, 5) is 4.90. The zero-order valence-electron chi connectivity index (χ0n) is 6.13. The van der Waals surface area contributed by atoms with E-state index in [1.165, 1.54) is 18.4 Å². The van der Waals surface area contributed by atoms with Crippen LogP contribution in [0.3, 0.4) is 0 Å². The number of aromatic nitrogens is 1. The monoisotopic (exact) mass is 168 g/mol.